The van der Waals surface area contributed by atoms with Gasteiger partial charge in [0.1, 0.15) is 0 Å². The van der Waals surface area contributed by atoms with Gasteiger partial charge in [0.25, 0.3) is 0 Å². The lowest BCUT2D eigenvalue weighted by Crippen LogP contribution is -2.15. The van der Waals surface area contributed by atoms with Crippen molar-refractivity contribution in [2.24, 2.45) is 0 Å². The third-order valence-corrected chi connectivity index (χ3v) is 4.55. The molecule has 0 saturated carbocycles. The topological polar surface area (TPSA) is 49.5 Å². The van der Waals surface area contributed by atoms with Crippen LogP contribution in [-0.4, -0.2) is 17.1 Å². The van der Waals surface area contributed by atoms with Crippen molar-refractivity contribution in [3.63, 3.8) is 0 Å². The highest BCUT2D eigenvalue weighted by Crippen LogP contribution is 2.37. The molecule has 1 aliphatic rings. The van der Waals surface area contributed by atoms with E-state index in [2.05, 4.69) is 9.88 Å². The molecule has 1 atom stereocenters. The quantitative estimate of drug-likeness (QED) is 0.926. The van der Waals surface area contributed by atoms with Gasteiger partial charge in [0.15, 0.2) is 5.13 Å². The Morgan fingerprint density at radius 3 is 3.22 bits per heavy atom. The number of fused-ring (bicyclic) bond motifs is 1. The Morgan fingerprint density at radius 1 is 1.61 bits per heavy atom. The van der Waals surface area contributed by atoms with Crippen LogP contribution in [0.4, 0.5) is 5.13 Å². The lowest BCUT2D eigenvalue weighted by Gasteiger charge is -2.14. The van der Waals surface area contributed by atoms with E-state index < -0.39 is 0 Å². The number of furan rings is 1. The van der Waals surface area contributed by atoms with E-state index in [0.29, 0.717) is 0 Å². The summed E-state index contributed by atoms with van der Waals surface area (Å²) in [7, 11) is 2.02. The first-order chi connectivity index (χ1) is 8.74. The summed E-state index contributed by atoms with van der Waals surface area (Å²) in [5, 5.41) is 10.9. The molecule has 18 heavy (non-hydrogen) atoms. The van der Waals surface area contributed by atoms with Crippen LogP contribution in [0.2, 0.25) is 0 Å². The molecule has 3 rings (SSSR count). The number of nitrogens with zero attached hydrogens (tertiary/aromatic N) is 2. The molecule has 2 aromatic heterocycles. The second-order valence-electron chi connectivity index (χ2n) is 4.70. The van der Waals surface area contributed by atoms with Crippen LogP contribution in [0.25, 0.3) is 0 Å². The van der Waals surface area contributed by atoms with Crippen molar-refractivity contribution in [3.8, 4) is 0 Å². The van der Waals surface area contributed by atoms with Crippen LogP contribution in [0, 0.1) is 0 Å². The first kappa shape index (κ1) is 11.7. The van der Waals surface area contributed by atoms with Crippen LogP contribution in [0.1, 0.15) is 35.1 Å². The van der Waals surface area contributed by atoms with E-state index in [0.717, 1.165) is 47.1 Å². The van der Waals surface area contributed by atoms with E-state index in [9.17, 15) is 5.11 Å². The molecule has 0 saturated heterocycles. The molecule has 1 unspecified atom stereocenters. The van der Waals surface area contributed by atoms with E-state index in [1.165, 1.54) is 0 Å². The molecule has 2 heterocycles. The summed E-state index contributed by atoms with van der Waals surface area (Å²) in [6.45, 7) is 0.777. The van der Waals surface area contributed by atoms with Crippen molar-refractivity contribution in [1.29, 1.82) is 0 Å². The molecule has 0 aromatic carbocycles. The Kier molecular flexibility index (Phi) is 3.09. The van der Waals surface area contributed by atoms with Gasteiger partial charge < -0.3 is 14.4 Å². The van der Waals surface area contributed by atoms with E-state index in [-0.39, 0.29) is 6.10 Å². The Balaban J connectivity index is 1.80. The van der Waals surface area contributed by atoms with Gasteiger partial charge in [-0.05, 0) is 25.3 Å². The van der Waals surface area contributed by atoms with Gasteiger partial charge in [0.05, 0.1) is 29.2 Å². The van der Waals surface area contributed by atoms with E-state index in [1.807, 2.05) is 13.1 Å². The standard InChI is InChI=1S/C13H16N2O2S/c1-15(7-9-5-6-17-8-9)13-14-10-3-2-4-11(16)12(10)18-13/h5-6,8,11,16H,2-4,7H2,1H3. The zero-order chi connectivity index (χ0) is 12.5. The molecule has 2 aromatic rings. The zero-order valence-corrected chi connectivity index (χ0v) is 11.1. The maximum atomic E-state index is 9.95. The SMILES string of the molecule is CN(Cc1ccoc1)c1nc2c(s1)C(O)CCC2. The summed E-state index contributed by atoms with van der Waals surface area (Å²) in [5.74, 6) is 0. The number of hydrogen-bond donors (Lipinski definition) is 1. The van der Waals surface area contributed by atoms with Crippen LogP contribution in [0.5, 0.6) is 0 Å². The van der Waals surface area contributed by atoms with Crippen LogP contribution in [0.3, 0.4) is 0 Å². The number of rotatable bonds is 3. The zero-order valence-electron chi connectivity index (χ0n) is 10.3. The average Bonchev–Trinajstić information content (AvgIpc) is 2.97. The summed E-state index contributed by atoms with van der Waals surface area (Å²) < 4.78 is 5.07. The summed E-state index contributed by atoms with van der Waals surface area (Å²) in [4.78, 5) is 7.78. The first-order valence-corrected chi connectivity index (χ1v) is 6.95. The molecule has 0 fully saturated rings. The number of thiazole rings is 1. The maximum absolute atomic E-state index is 9.95. The number of aliphatic hydroxyl groups is 1. The van der Waals surface area contributed by atoms with Crippen molar-refractivity contribution >= 4 is 16.5 Å². The fourth-order valence-corrected chi connectivity index (χ4v) is 3.36. The minimum Gasteiger partial charge on any atom is -0.472 e. The Labute approximate surface area is 110 Å². The van der Waals surface area contributed by atoms with Crippen molar-refractivity contribution in [2.75, 3.05) is 11.9 Å². The van der Waals surface area contributed by atoms with Gasteiger partial charge >= 0.3 is 0 Å². The molecule has 0 spiro atoms. The molecular formula is C13H16N2O2S. The maximum Gasteiger partial charge on any atom is 0.185 e. The Bertz CT molecular complexity index is 521. The molecule has 4 nitrogen and oxygen atoms in total. The highest BCUT2D eigenvalue weighted by Gasteiger charge is 2.23. The van der Waals surface area contributed by atoms with E-state index >= 15 is 0 Å². The highest BCUT2D eigenvalue weighted by molar-refractivity contribution is 7.15. The van der Waals surface area contributed by atoms with Crippen LogP contribution in [-0.2, 0) is 13.0 Å². The molecule has 1 aliphatic carbocycles. The highest BCUT2D eigenvalue weighted by atomic mass is 32.1. The van der Waals surface area contributed by atoms with Crippen molar-refractivity contribution < 1.29 is 9.52 Å². The molecule has 0 bridgehead atoms. The Hall–Kier alpha value is -1.33. The molecule has 0 amide bonds. The van der Waals surface area contributed by atoms with Gasteiger partial charge in [-0.3, -0.25) is 0 Å². The molecule has 96 valence electrons. The number of anilines is 1. The van der Waals surface area contributed by atoms with Crippen molar-refractivity contribution in [3.05, 3.63) is 34.7 Å². The fraction of sp³-hybridized carbons (Fsp3) is 0.462. The molecular weight excluding hydrogens is 248 g/mol. The third kappa shape index (κ3) is 2.15. The van der Waals surface area contributed by atoms with Gasteiger partial charge in [0, 0.05) is 19.2 Å². The monoisotopic (exact) mass is 264 g/mol. The first-order valence-electron chi connectivity index (χ1n) is 6.14. The number of aryl methyl sites for hydroxylation is 1. The summed E-state index contributed by atoms with van der Waals surface area (Å²) in [6.07, 6.45) is 5.99. The molecule has 1 N–H and O–H groups in total. The number of hydrogen-bond acceptors (Lipinski definition) is 5. The van der Waals surface area contributed by atoms with Gasteiger partial charge in [0.2, 0.25) is 0 Å². The van der Waals surface area contributed by atoms with Gasteiger partial charge in [-0.25, -0.2) is 4.98 Å². The Morgan fingerprint density at radius 2 is 2.50 bits per heavy atom. The number of aliphatic hydroxyl groups excluding tert-OH is 1. The van der Waals surface area contributed by atoms with Crippen molar-refractivity contribution in [1.82, 2.24) is 4.98 Å². The predicted octanol–water partition coefficient (Wildman–Crippen LogP) is 2.74. The molecule has 0 aliphatic heterocycles. The largest absolute Gasteiger partial charge is 0.472 e. The summed E-state index contributed by atoms with van der Waals surface area (Å²) >= 11 is 1.61. The second-order valence-corrected chi connectivity index (χ2v) is 5.71. The summed E-state index contributed by atoms with van der Waals surface area (Å²) in [6, 6.07) is 1.96. The second kappa shape index (κ2) is 4.74. The van der Waals surface area contributed by atoms with Gasteiger partial charge in [-0.15, -0.1) is 0 Å². The predicted molar refractivity (Wildman–Crippen MR) is 70.8 cm³/mol. The van der Waals surface area contributed by atoms with E-state index in [1.54, 1.807) is 23.9 Å². The molecule has 0 radical (unpaired) electrons. The molecule has 5 heteroatoms. The smallest absolute Gasteiger partial charge is 0.185 e. The minimum atomic E-state index is -0.317. The number of aromatic nitrogens is 1. The van der Waals surface area contributed by atoms with Gasteiger partial charge in [-0.1, -0.05) is 11.3 Å². The van der Waals surface area contributed by atoms with Crippen molar-refractivity contribution in [2.45, 2.75) is 31.9 Å². The van der Waals surface area contributed by atoms with Crippen LogP contribution in [0.15, 0.2) is 23.0 Å². The fourth-order valence-electron chi connectivity index (χ4n) is 2.27. The van der Waals surface area contributed by atoms with Crippen LogP contribution < -0.4 is 4.90 Å². The van der Waals surface area contributed by atoms with Gasteiger partial charge in [-0.2, -0.15) is 0 Å². The third-order valence-electron chi connectivity index (χ3n) is 3.24. The lowest BCUT2D eigenvalue weighted by molar-refractivity contribution is 0.160. The van der Waals surface area contributed by atoms with Crippen LogP contribution >= 0.6 is 11.3 Å². The minimum absolute atomic E-state index is 0.317. The lowest BCUT2D eigenvalue weighted by atomic mass is 10.0. The van der Waals surface area contributed by atoms with E-state index in [4.69, 9.17) is 4.42 Å². The average molecular weight is 264 g/mol. The summed E-state index contributed by atoms with van der Waals surface area (Å²) in [5.41, 5.74) is 2.21. The normalized spacial score (nSPS) is 18.7.